The van der Waals surface area contributed by atoms with Gasteiger partial charge in [-0.05, 0) is 53.9 Å². The maximum Gasteiger partial charge on any atom is 0.254 e. The van der Waals surface area contributed by atoms with Crippen LogP contribution in [0.25, 0.3) is 10.9 Å². The van der Waals surface area contributed by atoms with Gasteiger partial charge in [0, 0.05) is 49.4 Å². The minimum Gasteiger partial charge on any atom is -0.454 e. The number of fused-ring (bicyclic) bond motifs is 2. The van der Waals surface area contributed by atoms with Crippen LogP contribution in [0.15, 0.2) is 72.9 Å². The first kappa shape index (κ1) is 26.2. The van der Waals surface area contributed by atoms with Gasteiger partial charge in [-0.1, -0.05) is 30.3 Å². The Morgan fingerprint density at radius 1 is 0.974 bits per heavy atom. The number of nitrogens with zero attached hydrogens (tertiary/aromatic N) is 2. The summed E-state index contributed by atoms with van der Waals surface area (Å²) in [4.78, 5) is 33.6. The minimum absolute atomic E-state index is 0.105. The van der Waals surface area contributed by atoms with Crippen molar-refractivity contribution in [3.8, 4) is 11.5 Å². The number of hydrogen-bond donors (Lipinski definition) is 1. The number of rotatable bonds is 11. The number of aromatic nitrogens is 1. The highest BCUT2D eigenvalue weighted by Gasteiger charge is 2.25. The van der Waals surface area contributed by atoms with E-state index in [0.29, 0.717) is 30.0 Å². The van der Waals surface area contributed by atoms with Gasteiger partial charge in [0.05, 0.1) is 6.61 Å². The van der Waals surface area contributed by atoms with Crippen LogP contribution in [-0.4, -0.2) is 66.7 Å². The van der Waals surface area contributed by atoms with Crippen LogP contribution in [0.2, 0.25) is 0 Å². The quantitative estimate of drug-likeness (QED) is 0.310. The lowest BCUT2D eigenvalue weighted by Gasteiger charge is -2.28. The van der Waals surface area contributed by atoms with Gasteiger partial charge in [0.1, 0.15) is 12.4 Å². The van der Waals surface area contributed by atoms with E-state index in [0.717, 1.165) is 22.0 Å². The van der Waals surface area contributed by atoms with Gasteiger partial charge in [-0.25, -0.2) is 4.39 Å². The fraction of sp³-hybridized carbons (Fsp3) is 0.267. The molecule has 0 spiro atoms. The molecule has 0 bridgehead atoms. The molecule has 9 heteroatoms. The van der Waals surface area contributed by atoms with Crippen LogP contribution >= 0.6 is 0 Å². The summed E-state index contributed by atoms with van der Waals surface area (Å²) in [5.41, 5.74) is 3.32. The van der Waals surface area contributed by atoms with Gasteiger partial charge < -0.3 is 29.0 Å². The predicted octanol–water partition coefficient (Wildman–Crippen LogP) is 4.40. The van der Waals surface area contributed by atoms with Gasteiger partial charge in [0.25, 0.3) is 5.91 Å². The molecule has 1 N–H and O–H groups in total. The van der Waals surface area contributed by atoms with E-state index in [1.54, 1.807) is 42.3 Å². The van der Waals surface area contributed by atoms with E-state index < -0.39 is 0 Å². The molecule has 39 heavy (non-hydrogen) atoms. The molecule has 0 atom stereocenters. The molecule has 4 aromatic rings. The number of H-pyrrole nitrogens is 1. The van der Waals surface area contributed by atoms with Crippen LogP contribution in [0.1, 0.15) is 21.5 Å². The average molecular weight is 532 g/mol. The summed E-state index contributed by atoms with van der Waals surface area (Å²) >= 11 is 0. The average Bonchev–Trinajstić information content (AvgIpc) is 3.60. The van der Waals surface area contributed by atoms with Crippen molar-refractivity contribution in [2.45, 2.75) is 13.0 Å². The van der Waals surface area contributed by atoms with Crippen molar-refractivity contribution in [1.29, 1.82) is 0 Å². The lowest BCUT2D eigenvalue weighted by molar-refractivity contribution is -0.132. The number of para-hydroxylation sites is 1. The van der Waals surface area contributed by atoms with Crippen molar-refractivity contribution in [2.24, 2.45) is 0 Å². The summed E-state index contributed by atoms with van der Waals surface area (Å²) in [6.45, 7) is 1.20. The second-order valence-electron chi connectivity index (χ2n) is 9.34. The van der Waals surface area contributed by atoms with Crippen LogP contribution < -0.4 is 9.47 Å². The normalized spacial score (nSPS) is 12.1. The van der Waals surface area contributed by atoms with Gasteiger partial charge in [-0.3, -0.25) is 9.59 Å². The van der Waals surface area contributed by atoms with E-state index in [9.17, 15) is 14.0 Å². The zero-order valence-electron chi connectivity index (χ0n) is 21.7. The minimum atomic E-state index is -0.338. The van der Waals surface area contributed by atoms with Gasteiger partial charge in [0.15, 0.2) is 11.5 Å². The first-order valence-electron chi connectivity index (χ1n) is 12.8. The molecule has 0 saturated heterocycles. The molecule has 3 aromatic carbocycles. The van der Waals surface area contributed by atoms with Crippen molar-refractivity contribution in [2.75, 3.05) is 40.1 Å². The molecule has 5 rings (SSSR count). The van der Waals surface area contributed by atoms with E-state index in [1.807, 2.05) is 30.5 Å². The van der Waals surface area contributed by atoms with E-state index in [-0.39, 0.29) is 50.7 Å². The number of halogens is 1. The second-order valence-corrected chi connectivity index (χ2v) is 9.34. The van der Waals surface area contributed by atoms with E-state index in [1.165, 1.54) is 17.0 Å². The highest BCUT2D eigenvalue weighted by Crippen LogP contribution is 2.32. The number of aromatic amines is 1. The zero-order valence-corrected chi connectivity index (χ0v) is 21.7. The van der Waals surface area contributed by atoms with Crippen molar-refractivity contribution >= 4 is 22.7 Å². The molecule has 0 aliphatic carbocycles. The molecule has 0 radical (unpaired) electrons. The summed E-state index contributed by atoms with van der Waals surface area (Å²) in [6, 6.07) is 19.1. The van der Waals surface area contributed by atoms with Crippen LogP contribution in [0, 0.1) is 5.82 Å². The van der Waals surface area contributed by atoms with Crippen LogP contribution in [0.4, 0.5) is 4.39 Å². The van der Waals surface area contributed by atoms with Crippen LogP contribution in [-0.2, 0) is 22.5 Å². The Balaban J connectivity index is 1.35. The molecule has 2 amide bonds. The zero-order chi connectivity index (χ0) is 27.2. The fourth-order valence-electron chi connectivity index (χ4n) is 4.63. The molecule has 8 nitrogen and oxygen atoms in total. The Bertz CT molecular complexity index is 1450. The lowest BCUT2D eigenvalue weighted by atomic mass is 10.1. The SMILES string of the molecule is COCCN(CC(=O)N(CCc1c[nH]c2ccccc12)Cc1ccc(F)cc1)C(=O)c1ccc2c(c1)OCO2. The lowest BCUT2D eigenvalue weighted by Crippen LogP contribution is -2.44. The third-order valence-corrected chi connectivity index (χ3v) is 6.76. The molecule has 202 valence electrons. The largest absolute Gasteiger partial charge is 0.454 e. The van der Waals surface area contributed by atoms with Crippen molar-refractivity contribution in [3.05, 3.63) is 95.4 Å². The number of hydrogen-bond acceptors (Lipinski definition) is 5. The molecule has 1 aliphatic rings. The molecule has 2 heterocycles. The van der Waals surface area contributed by atoms with Gasteiger partial charge in [-0.2, -0.15) is 0 Å². The Labute approximate surface area is 225 Å². The Hall–Kier alpha value is -4.37. The highest BCUT2D eigenvalue weighted by molar-refractivity contribution is 5.97. The predicted molar refractivity (Wildman–Crippen MR) is 144 cm³/mol. The summed E-state index contributed by atoms with van der Waals surface area (Å²) in [6.07, 6.45) is 2.57. The molecule has 1 aliphatic heterocycles. The first-order valence-corrected chi connectivity index (χ1v) is 12.8. The number of nitrogens with one attached hydrogen (secondary N) is 1. The third-order valence-electron chi connectivity index (χ3n) is 6.76. The first-order chi connectivity index (χ1) is 19.0. The summed E-state index contributed by atoms with van der Waals surface area (Å²) in [5, 5.41) is 1.10. The van der Waals surface area contributed by atoms with Crippen molar-refractivity contribution in [1.82, 2.24) is 14.8 Å². The van der Waals surface area contributed by atoms with E-state index >= 15 is 0 Å². The number of amides is 2. The van der Waals surface area contributed by atoms with Crippen LogP contribution in [0.5, 0.6) is 11.5 Å². The smallest absolute Gasteiger partial charge is 0.254 e. The Kier molecular flexibility index (Phi) is 8.07. The standard InChI is InChI=1S/C30H30FN3O5/c1-37-15-14-34(30(36)22-8-11-27-28(16-22)39-20-38-27)19-29(35)33(18-21-6-9-24(31)10-7-21)13-12-23-17-32-26-5-3-2-4-25(23)26/h2-11,16-17,32H,12-15,18-20H2,1H3. The maximum atomic E-state index is 13.7. The van der Waals surface area contributed by atoms with Gasteiger partial charge in [0.2, 0.25) is 12.7 Å². The maximum absolute atomic E-state index is 13.7. The second kappa shape index (κ2) is 12.0. The van der Waals surface area contributed by atoms with E-state index in [2.05, 4.69) is 4.98 Å². The number of carbonyl (C=O) groups is 2. The monoisotopic (exact) mass is 531 g/mol. The summed E-state index contributed by atoms with van der Waals surface area (Å²) < 4.78 is 29.5. The summed E-state index contributed by atoms with van der Waals surface area (Å²) in [7, 11) is 1.55. The Morgan fingerprint density at radius 3 is 2.59 bits per heavy atom. The highest BCUT2D eigenvalue weighted by atomic mass is 19.1. The number of benzene rings is 3. The summed E-state index contributed by atoms with van der Waals surface area (Å²) in [5.74, 6) is 0.210. The molecular weight excluding hydrogens is 501 g/mol. The number of carbonyl (C=O) groups excluding carboxylic acids is 2. The van der Waals surface area contributed by atoms with Gasteiger partial charge in [-0.15, -0.1) is 0 Å². The van der Waals surface area contributed by atoms with Crippen molar-refractivity contribution in [3.63, 3.8) is 0 Å². The number of methoxy groups -OCH3 is 1. The van der Waals surface area contributed by atoms with Crippen LogP contribution in [0.3, 0.4) is 0 Å². The topological polar surface area (TPSA) is 84.1 Å². The van der Waals surface area contributed by atoms with Crippen molar-refractivity contribution < 1.29 is 28.2 Å². The number of ether oxygens (including phenoxy) is 3. The molecular formula is C30H30FN3O5. The fourth-order valence-corrected chi connectivity index (χ4v) is 4.63. The molecule has 1 aromatic heterocycles. The molecule has 0 unspecified atom stereocenters. The molecule has 0 saturated carbocycles. The van der Waals surface area contributed by atoms with E-state index in [4.69, 9.17) is 14.2 Å². The molecule has 0 fully saturated rings. The van der Waals surface area contributed by atoms with Gasteiger partial charge >= 0.3 is 0 Å². The Morgan fingerprint density at radius 2 is 1.77 bits per heavy atom. The third kappa shape index (κ3) is 6.21.